The monoisotopic (exact) mass is 239 g/mol. The van der Waals surface area contributed by atoms with Crippen molar-refractivity contribution in [1.82, 2.24) is 5.32 Å². The summed E-state index contributed by atoms with van der Waals surface area (Å²) in [6, 6.07) is 7.14. The first-order valence-corrected chi connectivity index (χ1v) is 5.81. The van der Waals surface area contributed by atoms with Crippen molar-refractivity contribution in [3.63, 3.8) is 0 Å². The molecule has 2 rings (SSSR count). The molecule has 1 N–H and O–H groups in total. The Labute approximate surface area is 104 Å². The van der Waals surface area contributed by atoms with Crippen molar-refractivity contribution in [3.8, 4) is 0 Å². The zero-order chi connectivity index (χ0) is 13.4. The van der Waals surface area contributed by atoms with Crippen LogP contribution < -0.4 is 5.32 Å². The van der Waals surface area contributed by atoms with Crippen LogP contribution in [0.1, 0.15) is 33.9 Å². The van der Waals surface area contributed by atoms with E-state index >= 15 is 0 Å². The van der Waals surface area contributed by atoms with Gasteiger partial charge < -0.3 is 5.32 Å². The maximum Gasteiger partial charge on any atom is 0.157 e. The quantitative estimate of drug-likeness (QED) is 0.860. The highest BCUT2D eigenvalue weighted by Crippen LogP contribution is 2.37. The van der Waals surface area contributed by atoms with Crippen LogP contribution in [0.3, 0.4) is 0 Å². The lowest BCUT2D eigenvalue weighted by Crippen LogP contribution is -2.49. The van der Waals surface area contributed by atoms with Crippen LogP contribution >= 0.6 is 11.6 Å². The summed E-state index contributed by atoms with van der Waals surface area (Å²) >= 11 is 6.17. The summed E-state index contributed by atoms with van der Waals surface area (Å²) in [7, 11) is 1.68. The third kappa shape index (κ3) is 1.76. The third-order valence-electron chi connectivity index (χ3n) is 3.16. The van der Waals surface area contributed by atoms with Crippen molar-refractivity contribution in [2.45, 2.75) is 31.2 Å². The molecule has 0 radical (unpaired) electrons. The highest BCUT2D eigenvalue weighted by molar-refractivity contribution is 6.31. The van der Waals surface area contributed by atoms with E-state index in [1.54, 1.807) is 25.2 Å². The van der Waals surface area contributed by atoms with Crippen molar-refractivity contribution in [1.29, 1.82) is 0 Å². The number of carbonyl (C=O) groups is 1. The van der Waals surface area contributed by atoms with Gasteiger partial charge in [-0.05, 0) is 31.5 Å². The second-order valence-electron chi connectivity index (χ2n) is 3.99. The van der Waals surface area contributed by atoms with E-state index in [0.717, 1.165) is 0 Å². The second-order valence-corrected chi connectivity index (χ2v) is 4.40. The molecule has 1 atom stereocenters. The molecule has 1 aromatic rings. The van der Waals surface area contributed by atoms with Crippen LogP contribution in [-0.2, 0) is 10.3 Å². The van der Waals surface area contributed by atoms with Gasteiger partial charge in [0.05, 0.1) is 0 Å². The number of carbonyl (C=O) groups excluding carboxylic acids is 1. The number of nitrogens with one attached hydrogen (secondary N) is 1. The van der Waals surface area contributed by atoms with Gasteiger partial charge in [-0.15, -0.1) is 0 Å². The zero-order valence-corrected chi connectivity index (χ0v) is 9.97. The van der Waals surface area contributed by atoms with E-state index < -0.39 is 17.7 Å². The number of ketones is 1. The lowest BCUT2D eigenvalue weighted by molar-refractivity contribution is -0.127. The summed E-state index contributed by atoms with van der Waals surface area (Å²) in [5.41, 5.74) is -0.331. The molecule has 0 spiro atoms. The van der Waals surface area contributed by atoms with Crippen LogP contribution in [0.5, 0.6) is 0 Å². The summed E-state index contributed by atoms with van der Waals surface area (Å²) in [4.78, 5) is 12.5. The van der Waals surface area contributed by atoms with Gasteiger partial charge >= 0.3 is 0 Å². The summed E-state index contributed by atoms with van der Waals surface area (Å²) in [6.45, 7) is 0. The van der Waals surface area contributed by atoms with Crippen molar-refractivity contribution in [2.75, 3.05) is 7.05 Å². The highest BCUT2D eigenvalue weighted by Gasteiger charge is 2.40. The van der Waals surface area contributed by atoms with Crippen LogP contribution in [0.4, 0.5) is 0 Å². The molecule has 0 heterocycles. The molecule has 0 saturated heterocycles. The van der Waals surface area contributed by atoms with Gasteiger partial charge in [0.25, 0.3) is 0 Å². The Hall–Kier alpha value is -0.860. The van der Waals surface area contributed by atoms with Crippen molar-refractivity contribution in [3.05, 3.63) is 34.9 Å². The van der Waals surface area contributed by atoms with Crippen LogP contribution in [-0.4, -0.2) is 12.8 Å². The average Bonchev–Trinajstić information content (AvgIpc) is 2.34. The summed E-state index contributed by atoms with van der Waals surface area (Å²) < 4.78 is 15.7. The molecule has 16 heavy (non-hydrogen) atoms. The van der Waals surface area contributed by atoms with E-state index in [1.165, 1.54) is 0 Å². The maximum atomic E-state index is 12.5. The topological polar surface area (TPSA) is 29.1 Å². The Kier molecular flexibility index (Phi) is 2.62. The van der Waals surface area contributed by atoms with Gasteiger partial charge in [-0.2, -0.15) is 0 Å². The fraction of sp³-hybridized carbons (Fsp3) is 0.462. The standard InChI is InChI=1S/C13H16ClNO/c1-15-13(9-5-4-8-12(13)16)10-6-2-3-7-11(10)14/h2-3,6-7,15H,4-5,8-9H2,1H3/i8D2. The van der Waals surface area contributed by atoms with E-state index in [9.17, 15) is 4.79 Å². The Bertz CT molecular complexity index is 478. The molecule has 1 unspecified atom stereocenters. The Morgan fingerprint density at radius 3 is 2.88 bits per heavy atom. The fourth-order valence-electron chi connectivity index (χ4n) is 2.26. The predicted molar refractivity (Wildman–Crippen MR) is 65.7 cm³/mol. The molecular weight excluding hydrogens is 222 g/mol. The molecule has 0 aliphatic heterocycles. The minimum atomic E-state index is -1.79. The van der Waals surface area contributed by atoms with Gasteiger partial charge in [0.1, 0.15) is 5.54 Å². The molecule has 2 nitrogen and oxygen atoms in total. The van der Waals surface area contributed by atoms with E-state index in [0.29, 0.717) is 23.4 Å². The van der Waals surface area contributed by atoms with Gasteiger partial charge in [-0.3, -0.25) is 4.79 Å². The van der Waals surface area contributed by atoms with Crippen LogP contribution in [0.25, 0.3) is 0 Å². The summed E-state index contributed by atoms with van der Waals surface area (Å²) in [5.74, 6) is -0.420. The first kappa shape index (κ1) is 9.20. The van der Waals surface area contributed by atoms with Gasteiger partial charge in [0.2, 0.25) is 0 Å². The van der Waals surface area contributed by atoms with Gasteiger partial charge in [-0.25, -0.2) is 0 Å². The molecule has 1 fully saturated rings. The molecule has 1 aliphatic carbocycles. The number of likely N-dealkylation sites (N-methyl/N-ethyl adjacent to an activating group) is 1. The molecule has 1 aromatic carbocycles. The Morgan fingerprint density at radius 1 is 1.44 bits per heavy atom. The number of hydrogen-bond donors (Lipinski definition) is 1. The van der Waals surface area contributed by atoms with Crippen molar-refractivity contribution in [2.24, 2.45) is 0 Å². The minimum Gasteiger partial charge on any atom is -0.304 e. The van der Waals surface area contributed by atoms with Crippen LogP contribution in [0.2, 0.25) is 5.02 Å². The number of hydrogen-bond acceptors (Lipinski definition) is 2. The maximum absolute atomic E-state index is 12.5. The molecule has 0 aromatic heterocycles. The number of rotatable bonds is 2. The molecule has 1 aliphatic rings. The lowest BCUT2D eigenvalue weighted by atomic mass is 9.75. The van der Waals surface area contributed by atoms with E-state index in [1.807, 2.05) is 6.07 Å². The van der Waals surface area contributed by atoms with Gasteiger partial charge in [-0.1, -0.05) is 36.2 Å². The summed E-state index contributed by atoms with van der Waals surface area (Å²) in [6.07, 6.45) is -0.281. The zero-order valence-electron chi connectivity index (χ0n) is 11.2. The fourth-order valence-corrected chi connectivity index (χ4v) is 2.55. The van der Waals surface area contributed by atoms with Crippen LogP contribution in [0.15, 0.2) is 24.3 Å². The Balaban J connectivity index is 2.55. The van der Waals surface area contributed by atoms with Gasteiger partial charge in [0.15, 0.2) is 5.78 Å². The van der Waals surface area contributed by atoms with Crippen molar-refractivity contribution >= 4 is 17.4 Å². The molecule has 86 valence electrons. The first-order chi connectivity index (χ1) is 8.44. The first-order valence-electron chi connectivity index (χ1n) is 6.43. The molecular formula is C13H16ClNO. The molecule has 1 saturated carbocycles. The smallest absolute Gasteiger partial charge is 0.157 e. The minimum absolute atomic E-state index is 0.277. The largest absolute Gasteiger partial charge is 0.304 e. The van der Waals surface area contributed by atoms with E-state index in [-0.39, 0.29) is 6.42 Å². The lowest BCUT2D eigenvalue weighted by Gasteiger charge is -2.36. The van der Waals surface area contributed by atoms with E-state index in [4.69, 9.17) is 14.3 Å². The molecule has 0 amide bonds. The average molecular weight is 240 g/mol. The highest BCUT2D eigenvalue weighted by atomic mass is 35.5. The normalized spacial score (nSPS) is 30.8. The number of Topliss-reactive ketones (excluding diaryl/α,β-unsaturated/α-hetero) is 1. The predicted octanol–water partition coefficient (Wildman–Crippen LogP) is 2.90. The SMILES string of the molecule is [2H]C1([2H])CCCC(NC)(c2ccccc2Cl)C1=O. The van der Waals surface area contributed by atoms with Crippen LogP contribution in [0, 0.1) is 0 Å². The van der Waals surface area contributed by atoms with Crippen molar-refractivity contribution < 1.29 is 7.54 Å². The Morgan fingerprint density at radius 2 is 2.19 bits per heavy atom. The molecule has 3 heteroatoms. The summed E-state index contributed by atoms with van der Waals surface area (Å²) in [5, 5.41) is 3.50. The second kappa shape index (κ2) is 4.56. The number of halogens is 1. The molecule has 0 bridgehead atoms. The van der Waals surface area contributed by atoms with E-state index in [2.05, 4.69) is 5.32 Å². The number of benzene rings is 1. The van der Waals surface area contributed by atoms with Gasteiger partial charge in [0, 0.05) is 14.1 Å². The third-order valence-corrected chi connectivity index (χ3v) is 3.49.